The average molecular weight is 294 g/mol. The number of methoxy groups -OCH3 is 2. The summed E-state index contributed by atoms with van der Waals surface area (Å²) in [6.45, 7) is 0.0486. The van der Waals surface area contributed by atoms with Crippen LogP contribution in [-0.2, 0) is 13.7 Å². The third kappa shape index (κ3) is 3.19. The molecule has 9 heteroatoms. The lowest BCUT2D eigenvalue weighted by Gasteiger charge is -2.14. The number of carboxylic acid groups (broad SMARTS) is 1. The highest BCUT2D eigenvalue weighted by molar-refractivity contribution is 5.89. The van der Waals surface area contributed by atoms with Crippen molar-refractivity contribution in [2.45, 2.75) is 6.61 Å². The molecule has 1 heterocycles. The number of benzene rings is 1. The van der Waals surface area contributed by atoms with E-state index in [0.717, 1.165) is 0 Å². The molecule has 0 aliphatic rings. The largest absolute Gasteiger partial charge is 0.493 e. The van der Waals surface area contributed by atoms with Gasteiger partial charge >= 0.3 is 5.97 Å². The molecule has 0 saturated carbocycles. The third-order valence-electron chi connectivity index (χ3n) is 2.60. The highest BCUT2D eigenvalue weighted by atomic mass is 16.5. The van der Waals surface area contributed by atoms with Crippen LogP contribution in [0, 0.1) is 0 Å². The second-order valence-corrected chi connectivity index (χ2v) is 4.00. The van der Waals surface area contributed by atoms with Crippen LogP contribution in [0.3, 0.4) is 0 Å². The zero-order valence-corrected chi connectivity index (χ0v) is 11.7. The molecule has 0 spiro atoms. The number of tetrazole rings is 1. The van der Waals surface area contributed by atoms with Gasteiger partial charge in [-0.05, 0) is 17.3 Å². The maximum Gasteiger partial charge on any atom is 0.335 e. The fourth-order valence-corrected chi connectivity index (χ4v) is 1.66. The number of hydrogen-bond acceptors (Lipinski definition) is 7. The van der Waals surface area contributed by atoms with E-state index in [1.54, 1.807) is 7.05 Å². The van der Waals surface area contributed by atoms with Crippen LogP contribution in [0.4, 0.5) is 0 Å². The number of nitrogens with zero attached hydrogens (tertiary/aromatic N) is 4. The monoisotopic (exact) mass is 294 g/mol. The molecule has 0 fully saturated rings. The van der Waals surface area contributed by atoms with Crippen LogP contribution >= 0.6 is 0 Å². The lowest BCUT2D eigenvalue weighted by Crippen LogP contribution is -2.04. The van der Waals surface area contributed by atoms with E-state index in [4.69, 9.17) is 19.3 Å². The van der Waals surface area contributed by atoms with Crippen LogP contribution in [0.5, 0.6) is 17.2 Å². The van der Waals surface area contributed by atoms with Crippen LogP contribution in [0.2, 0.25) is 0 Å². The second kappa shape index (κ2) is 6.07. The number of hydrogen-bond donors (Lipinski definition) is 1. The zero-order chi connectivity index (χ0) is 15.4. The summed E-state index contributed by atoms with van der Waals surface area (Å²) in [5, 5.41) is 20.5. The molecule has 0 aliphatic heterocycles. The van der Waals surface area contributed by atoms with Gasteiger partial charge in [-0.1, -0.05) is 0 Å². The Hall–Kier alpha value is -2.84. The molecule has 0 amide bonds. The molecule has 112 valence electrons. The standard InChI is InChI=1S/C12H14N4O5/c1-16-14-10(13-15-16)6-21-11-8(19-2)4-7(12(17)18)5-9(11)20-3/h4-5H,6H2,1-3H3,(H,17,18). The lowest BCUT2D eigenvalue weighted by atomic mass is 10.2. The van der Waals surface area contributed by atoms with Gasteiger partial charge in [-0.25, -0.2) is 4.79 Å². The Morgan fingerprint density at radius 3 is 2.33 bits per heavy atom. The first kappa shape index (κ1) is 14.6. The number of carboxylic acids is 1. The molecule has 0 saturated heterocycles. The van der Waals surface area contributed by atoms with Crippen LogP contribution in [0.15, 0.2) is 12.1 Å². The van der Waals surface area contributed by atoms with E-state index < -0.39 is 5.97 Å². The molecule has 2 rings (SSSR count). The van der Waals surface area contributed by atoms with E-state index in [9.17, 15) is 4.79 Å². The van der Waals surface area contributed by atoms with Gasteiger partial charge in [-0.15, -0.1) is 10.2 Å². The normalized spacial score (nSPS) is 10.2. The molecule has 1 aromatic carbocycles. The highest BCUT2D eigenvalue weighted by Gasteiger charge is 2.18. The maximum absolute atomic E-state index is 11.0. The van der Waals surface area contributed by atoms with Gasteiger partial charge in [0.05, 0.1) is 26.8 Å². The number of rotatable bonds is 6. The summed E-state index contributed by atoms with van der Waals surface area (Å²) in [5.41, 5.74) is 0.0358. The Bertz CT molecular complexity index is 630. The molecule has 1 aromatic heterocycles. The Kier molecular flexibility index (Phi) is 4.21. The Labute approximate surface area is 120 Å². The van der Waals surface area contributed by atoms with Crippen molar-refractivity contribution in [3.63, 3.8) is 0 Å². The Balaban J connectivity index is 2.30. The maximum atomic E-state index is 11.0. The van der Waals surface area contributed by atoms with E-state index >= 15 is 0 Å². The fourth-order valence-electron chi connectivity index (χ4n) is 1.66. The van der Waals surface area contributed by atoms with Gasteiger partial charge in [0.25, 0.3) is 0 Å². The van der Waals surface area contributed by atoms with E-state index in [-0.39, 0.29) is 29.4 Å². The van der Waals surface area contributed by atoms with Gasteiger partial charge in [0.15, 0.2) is 18.1 Å². The lowest BCUT2D eigenvalue weighted by molar-refractivity contribution is 0.0696. The molecule has 0 radical (unpaired) electrons. The minimum absolute atomic E-state index is 0.0358. The topological polar surface area (TPSA) is 109 Å². The number of aromatic nitrogens is 4. The van der Waals surface area contributed by atoms with Crippen molar-refractivity contribution in [1.29, 1.82) is 0 Å². The first-order chi connectivity index (χ1) is 10.0. The zero-order valence-electron chi connectivity index (χ0n) is 11.7. The summed E-state index contributed by atoms with van der Waals surface area (Å²) in [7, 11) is 4.46. The molecule has 2 aromatic rings. The minimum Gasteiger partial charge on any atom is -0.493 e. The van der Waals surface area contributed by atoms with Crippen LogP contribution in [-0.4, -0.2) is 45.5 Å². The van der Waals surface area contributed by atoms with Crippen molar-refractivity contribution in [2.75, 3.05) is 14.2 Å². The number of carbonyl (C=O) groups is 1. The SMILES string of the molecule is COc1cc(C(=O)O)cc(OC)c1OCc1nnn(C)n1. The predicted octanol–water partition coefficient (Wildman–Crippen LogP) is 0.504. The first-order valence-electron chi connectivity index (χ1n) is 5.90. The van der Waals surface area contributed by atoms with Gasteiger partial charge in [0.1, 0.15) is 0 Å². The van der Waals surface area contributed by atoms with E-state index in [0.29, 0.717) is 5.82 Å². The van der Waals surface area contributed by atoms with E-state index in [1.165, 1.54) is 31.1 Å². The van der Waals surface area contributed by atoms with Crippen molar-refractivity contribution in [1.82, 2.24) is 20.2 Å². The Morgan fingerprint density at radius 1 is 1.29 bits per heavy atom. The molecule has 0 bridgehead atoms. The summed E-state index contributed by atoms with van der Waals surface area (Å²) in [6, 6.07) is 2.70. The predicted molar refractivity (Wildman–Crippen MR) is 69.6 cm³/mol. The quantitative estimate of drug-likeness (QED) is 0.820. The third-order valence-corrected chi connectivity index (χ3v) is 2.60. The molecular weight excluding hydrogens is 280 g/mol. The number of ether oxygens (including phenoxy) is 3. The molecule has 0 unspecified atom stereocenters. The van der Waals surface area contributed by atoms with Crippen LogP contribution in [0.25, 0.3) is 0 Å². The fraction of sp³-hybridized carbons (Fsp3) is 0.333. The molecular formula is C12H14N4O5. The summed E-state index contributed by atoms with van der Waals surface area (Å²) in [5.74, 6) is 0.0568. The molecule has 0 aliphatic carbocycles. The molecule has 0 atom stereocenters. The van der Waals surface area contributed by atoms with Crippen LogP contribution in [0.1, 0.15) is 16.2 Å². The number of aryl methyl sites for hydroxylation is 1. The molecule has 1 N–H and O–H groups in total. The molecule has 9 nitrogen and oxygen atoms in total. The first-order valence-corrected chi connectivity index (χ1v) is 5.90. The number of aromatic carboxylic acids is 1. The average Bonchev–Trinajstić information content (AvgIpc) is 2.89. The van der Waals surface area contributed by atoms with Gasteiger partial charge in [0, 0.05) is 0 Å². The summed E-state index contributed by atoms with van der Waals surface area (Å²) < 4.78 is 15.8. The summed E-state index contributed by atoms with van der Waals surface area (Å²) >= 11 is 0. The smallest absolute Gasteiger partial charge is 0.335 e. The van der Waals surface area contributed by atoms with E-state index in [2.05, 4.69) is 15.4 Å². The summed E-state index contributed by atoms with van der Waals surface area (Å²) in [4.78, 5) is 12.4. The van der Waals surface area contributed by atoms with Crippen molar-refractivity contribution >= 4 is 5.97 Å². The molecule has 21 heavy (non-hydrogen) atoms. The second-order valence-electron chi connectivity index (χ2n) is 4.00. The van der Waals surface area contributed by atoms with Crippen molar-refractivity contribution in [2.24, 2.45) is 7.05 Å². The van der Waals surface area contributed by atoms with E-state index in [1.807, 2.05) is 0 Å². The van der Waals surface area contributed by atoms with Crippen LogP contribution < -0.4 is 14.2 Å². The van der Waals surface area contributed by atoms with Gasteiger partial charge < -0.3 is 19.3 Å². The highest BCUT2D eigenvalue weighted by Crippen LogP contribution is 2.38. The van der Waals surface area contributed by atoms with Crippen molar-refractivity contribution in [3.05, 3.63) is 23.5 Å². The van der Waals surface area contributed by atoms with Gasteiger partial charge in [-0.3, -0.25) is 0 Å². The Morgan fingerprint density at radius 2 is 1.90 bits per heavy atom. The summed E-state index contributed by atoms with van der Waals surface area (Å²) in [6.07, 6.45) is 0. The van der Waals surface area contributed by atoms with Gasteiger partial charge in [-0.2, -0.15) is 4.80 Å². The van der Waals surface area contributed by atoms with Crippen molar-refractivity contribution < 1.29 is 24.1 Å². The van der Waals surface area contributed by atoms with Crippen molar-refractivity contribution in [3.8, 4) is 17.2 Å². The van der Waals surface area contributed by atoms with Gasteiger partial charge in [0.2, 0.25) is 11.6 Å². The minimum atomic E-state index is -1.09.